The number of likely N-dealkylation sites (tertiary alicyclic amines) is 1. The van der Waals surface area contributed by atoms with Crippen LogP contribution in [0, 0.1) is 11.8 Å². The first kappa shape index (κ1) is 19.9. The van der Waals surface area contributed by atoms with Gasteiger partial charge in [0.05, 0.1) is 5.92 Å². The van der Waals surface area contributed by atoms with Crippen LogP contribution in [0.3, 0.4) is 0 Å². The Morgan fingerprint density at radius 1 is 1.19 bits per heavy atom. The maximum Gasteiger partial charge on any atom is 0.225 e. The van der Waals surface area contributed by atoms with Crippen LogP contribution in [0.25, 0.3) is 0 Å². The van der Waals surface area contributed by atoms with Crippen molar-refractivity contribution in [2.75, 3.05) is 33.7 Å². The Morgan fingerprint density at radius 2 is 1.81 bits per heavy atom. The van der Waals surface area contributed by atoms with Gasteiger partial charge in [0.15, 0.2) is 0 Å². The first-order chi connectivity index (χ1) is 12.7. The number of benzene rings is 1. The van der Waals surface area contributed by atoms with Crippen LogP contribution in [0.4, 0.5) is 0 Å². The molecule has 1 saturated heterocycles. The van der Waals surface area contributed by atoms with Crippen LogP contribution in [0.2, 0.25) is 0 Å². The molecule has 2 aliphatic rings. The molecule has 1 aromatic rings. The molecule has 0 bridgehead atoms. The van der Waals surface area contributed by atoms with Crippen LogP contribution in [0.5, 0.6) is 0 Å². The van der Waals surface area contributed by atoms with Crippen molar-refractivity contribution in [3.63, 3.8) is 0 Å². The molecule has 1 aliphatic carbocycles. The van der Waals surface area contributed by atoms with Gasteiger partial charge >= 0.3 is 0 Å². The number of hydrogen-bond acceptors (Lipinski definition) is 3. The fourth-order valence-electron chi connectivity index (χ4n) is 4.49. The molecule has 1 fully saturated rings. The van der Waals surface area contributed by atoms with Crippen molar-refractivity contribution < 1.29 is 9.59 Å². The van der Waals surface area contributed by atoms with Gasteiger partial charge in [-0.25, -0.2) is 0 Å². The quantitative estimate of drug-likeness (QED) is 0.799. The molecular formula is C22H33N3O2. The molecule has 1 atom stereocenters. The summed E-state index contributed by atoms with van der Waals surface area (Å²) in [6.45, 7) is 6.28. The number of hydrogen-bond donors (Lipinski definition) is 1. The normalized spacial score (nSPS) is 20.4. The van der Waals surface area contributed by atoms with Gasteiger partial charge in [0.2, 0.25) is 11.8 Å². The fourth-order valence-corrected chi connectivity index (χ4v) is 4.49. The van der Waals surface area contributed by atoms with Crippen molar-refractivity contribution in [1.29, 1.82) is 0 Å². The van der Waals surface area contributed by atoms with E-state index in [0.29, 0.717) is 25.4 Å². The molecule has 0 radical (unpaired) electrons. The van der Waals surface area contributed by atoms with Crippen molar-refractivity contribution in [1.82, 2.24) is 15.1 Å². The highest BCUT2D eigenvalue weighted by Crippen LogP contribution is 2.32. The number of carbonyl (C=O) groups is 2. The summed E-state index contributed by atoms with van der Waals surface area (Å²) in [7, 11) is 3.99. The number of likely N-dealkylation sites (N-methyl/N-ethyl adjacent to an activating group) is 1. The Labute approximate surface area is 163 Å². The number of carbonyl (C=O) groups excluding carboxylic acids is 2. The Kier molecular flexibility index (Phi) is 5.89. The van der Waals surface area contributed by atoms with E-state index in [2.05, 4.69) is 48.3 Å². The second-order valence-corrected chi connectivity index (χ2v) is 9.16. The molecule has 1 aromatic carbocycles. The zero-order chi connectivity index (χ0) is 19.6. The molecule has 5 nitrogen and oxygen atoms in total. The van der Waals surface area contributed by atoms with Crippen LogP contribution < -0.4 is 5.32 Å². The van der Waals surface area contributed by atoms with Crippen molar-refractivity contribution in [2.45, 2.75) is 45.1 Å². The summed E-state index contributed by atoms with van der Waals surface area (Å²) >= 11 is 0. The number of nitrogens with one attached hydrogen (secondary N) is 1. The summed E-state index contributed by atoms with van der Waals surface area (Å²) < 4.78 is 0. The molecule has 3 rings (SSSR count). The van der Waals surface area contributed by atoms with Crippen LogP contribution in [0.15, 0.2) is 24.3 Å². The van der Waals surface area contributed by atoms with E-state index in [-0.39, 0.29) is 23.3 Å². The van der Waals surface area contributed by atoms with Gasteiger partial charge in [0.1, 0.15) is 0 Å². The summed E-state index contributed by atoms with van der Waals surface area (Å²) in [6, 6.07) is 8.64. The van der Waals surface area contributed by atoms with Gasteiger partial charge in [-0.15, -0.1) is 0 Å². The maximum atomic E-state index is 12.8. The molecule has 0 aromatic heterocycles. The van der Waals surface area contributed by atoms with Gasteiger partial charge in [0.25, 0.3) is 0 Å². The summed E-state index contributed by atoms with van der Waals surface area (Å²) in [5.41, 5.74) is 2.63. The molecule has 0 spiro atoms. The molecule has 0 saturated carbocycles. The number of nitrogens with zero attached hydrogens (tertiary/aromatic N) is 2. The largest absolute Gasteiger partial charge is 0.351 e. The minimum absolute atomic E-state index is 0.0243. The predicted molar refractivity (Wildman–Crippen MR) is 107 cm³/mol. The lowest BCUT2D eigenvalue weighted by molar-refractivity contribution is -0.129. The van der Waals surface area contributed by atoms with Crippen molar-refractivity contribution in [2.24, 2.45) is 11.8 Å². The second kappa shape index (κ2) is 8.01. The van der Waals surface area contributed by atoms with E-state index in [1.54, 1.807) is 0 Å². The molecule has 1 aliphatic heterocycles. The lowest BCUT2D eigenvalue weighted by atomic mass is 9.88. The molecule has 2 amide bonds. The number of amides is 2. The van der Waals surface area contributed by atoms with Crippen LogP contribution in [-0.2, 0) is 22.4 Å². The Morgan fingerprint density at radius 3 is 2.41 bits per heavy atom. The van der Waals surface area contributed by atoms with Gasteiger partial charge in [0, 0.05) is 31.6 Å². The molecule has 148 valence electrons. The van der Waals surface area contributed by atoms with Gasteiger partial charge < -0.3 is 15.1 Å². The fraction of sp³-hybridized carbons (Fsp3) is 0.636. The second-order valence-electron chi connectivity index (χ2n) is 9.16. The van der Waals surface area contributed by atoms with E-state index in [1.165, 1.54) is 11.1 Å². The van der Waals surface area contributed by atoms with Crippen LogP contribution in [-0.4, -0.2) is 60.9 Å². The highest BCUT2D eigenvalue weighted by molar-refractivity contribution is 5.89. The topological polar surface area (TPSA) is 52.6 Å². The van der Waals surface area contributed by atoms with E-state index in [4.69, 9.17) is 0 Å². The third-order valence-electron chi connectivity index (χ3n) is 5.80. The zero-order valence-corrected chi connectivity index (χ0v) is 17.1. The van der Waals surface area contributed by atoms with Gasteiger partial charge in [-0.05, 0) is 64.3 Å². The Hall–Kier alpha value is -1.88. The molecular weight excluding hydrogens is 338 g/mol. The smallest absolute Gasteiger partial charge is 0.225 e. The van der Waals surface area contributed by atoms with Gasteiger partial charge in [-0.1, -0.05) is 24.3 Å². The average Bonchev–Trinajstić information content (AvgIpc) is 3.14. The predicted octanol–water partition coefficient (Wildman–Crippen LogP) is 2.10. The first-order valence-electron chi connectivity index (χ1n) is 10.0. The number of rotatable bonds is 7. The monoisotopic (exact) mass is 371 g/mol. The van der Waals surface area contributed by atoms with Gasteiger partial charge in [-0.3, -0.25) is 9.59 Å². The maximum absolute atomic E-state index is 12.8. The van der Waals surface area contributed by atoms with E-state index < -0.39 is 0 Å². The van der Waals surface area contributed by atoms with Crippen LogP contribution in [0.1, 0.15) is 37.8 Å². The summed E-state index contributed by atoms with van der Waals surface area (Å²) in [5, 5.41) is 3.23. The minimum atomic E-state index is -0.260. The zero-order valence-electron chi connectivity index (χ0n) is 17.1. The molecule has 27 heavy (non-hydrogen) atoms. The first-order valence-corrected chi connectivity index (χ1v) is 10.0. The van der Waals surface area contributed by atoms with Crippen LogP contribution >= 0.6 is 0 Å². The SMILES string of the molecule is CN(C)CCN1C[C@@H](C(=O)NC(C)(C)CC2Cc3ccccc3C2)CC1=O. The highest BCUT2D eigenvalue weighted by atomic mass is 16.2. The van der Waals surface area contributed by atoms with Crippen molar-refractivity contribution in [3.05, 3.63) is 35.4 Å². The van der Waals surface area contributed by atoms with Crippen molar-refractivity contribution in [3.8, 4) is 0 Å². The molecule has 5 heteroatoms. The van der Waals surface area contributed by atoms with E-state index in [0.717, 1.165) is 25.8 Å². The minimum Gasteiger partial charge on any atom is -0.351 e. The summed E-state index contributed by atoms with van der Waals surface area (Å²) in [4.78, 5) is 28.9. The third kappa shape index (κ3) is 5.10. The lowest BCUT2D eigenvalue weighted by Crippen LogP contribution is -2.47. The van der Waals surface area contributed by atoms with Crippen molar-refractivity contribution >= 4 is 11.8 Å². The number of fused-ring (bicyclic) bond motifs is 1. The van der Waals surface area contributed by atoms with E-state index >= 15 is 0 Å². The molecule has 1 heterocycles. The third-order valence-corrected chi connectivity index (χ3v) is 5.80. The average molecular weight is 372 g/mol. The Balaban J connectivity index is 1.50. The lowest BCUT2D eigenvalue weighted by Gasteiger charge is -2.30. The summed E-state index contributed by atoms with van der Waals surface area (Å²) in [5.74, 6) is 0.469. The Bertz CT molecular complexity index is 674. The highest BCUT2D eigenvalue weighted by Gasteiger charge is 2.37. The summed E-state index contributed by atoms with van der Waals surface area (Å²) in [6.07, 6.45) is 3.48. The van der Waals surface area contributed by atoms with Gasteiger partial charge in [-0.2, -0.15) is 0 Å². The molecule has 0 unspecified atom stereocenters. The van der Waals surface area contributed by atoms with E-state index in [9.17, 15) is 9.59 Å². The van der Waals surface area contributed by atoms with E-state index in [1.807, 2.05) is 19.0 Å². The molecule has 1 N–H and O–H groups in total. The standard InChI is InChI=1S/C22H33N3O2/c1-22(2,14-16-11-17-7-5-6-8-18(17)12-16)23-21(27)19-13-20(26)25(15-19)10-9-24(3)4/h5-8,16,19H,9-15H2,1-4H3,(H,23,27)/t19-/m0/s1.